The lowest BCUT2D eigenvalue weighted by Crippen LogP contribution is -2.25. The summed E-state index contributed by atoms with van der Waals surface area (Å²) in [7, 11) is -3.70. The fourth-order valence-corrected chi connectivity index (χ4v) is 2.87. The smallest absolute Gasteiger partial charge is 0.337 e. The van der Waals surface area contributed by atoms with Crippen molar-refractivity contribution in [1.29, 1.82) is 0 Å². The fourth-order valence-electron chi connectivity index (χ4n) is 1.44. The summed E-state index contributed by atoms with van der Waals surface area (Å²) in [6.45, 7) is 3.15. The molecule has 0 heterocycles. The van der Waals surface area contributed by atoms with Crippen molar-refractivity contribution in [2.45, 2.75) is 18.2 Å². The van der Waals surface area contributed by atoms with Gasteiger partial charge in [-0.1, -0.05) is 11.6 Å². The second-order valence-corrected chi connectivity index (χ2v) is 6.07. The summed E-state index contributed by atoms with van der Waals surface area (Å²) in [5, 5.41) is 8.70. The van der Waals surface area contributed by atoms with Gasteiger partial charge in [0.25, 0.3) is 0 Å². The Morgan fingerprint density at radius 2 is 2.15 bits per heavy atom. The summed E-state index contributed by atoms with van der Waals surface area (Å²) in [6, 6.07) is 3.50. The minimum atomic E-state index is -3.70. The van der Waals surface area contributed by atoms with Gasteiger partial charge in [0.15, 0.2) is 0 Å². The molecular formula is C12H16ClNO5S. The SMILES string of the molecule is CCOCCCNS(=O)(=O)c1ccc(C(=O)O)c(Cl)c1. The molecule has 20 heavy (non-hydrogen) atoms. The lowest BCUT2D eigenvalue weighted by Gasteiger charge is -2.08. The van der Waals surface area contributed by atoms with Gasteiger partial charge in [-0.2, -0.15) is 0 Å². The van der Waals surface area contributed by atoms with Crippen molar-refractivity contribution in [2.75, 3.05) is 19.8 Å². The van der Waals surface area contributed by atoms with Crippen LogP contribution in [0, 0.1) is 0 Å². The van der Waals surface area contributed by atoms with E-state index in [2.05, 4.69) is 4.72 Å². The zero-order chi connectivity index (χ0) is 15.2. The lowest BCUT2D eigenvalue weighted by molar-refractivity contribution is 0.0697. The van der Waals surface area contributed by atoms with E-state index in [4.69, 9.17) is 21.4 Å². The van der Waals surface area contributed by atoms with Crippen LogP contribution in [-0.2, 0) is 14.8 Å². The van der Waals surface area contributed by atoms with E-state index >= 15 is 0 Å². The van der Waals surface area contributed by atoms with Crippen LogP contribution in [0.25, 0.3) is 0 Å². The molecule has 1 aromatic carbocycles. The molecule has 0 amide bonds. The van der Waals surface area contributed by atoms with E-state index in [0.717, 1.165) is 6.07 Å². The van der Waals surface area contributed by atoms with E-state index in [1.54, 1.807) is 0 Å². The fraction of sp³-hybridized carbons (Fsp3) is 0.417. The van der Waals surface area contributed by atoms with Crippen LogP contribution in [-0.4, -0.2) is 39.3 Å². The summed E-state index contributed by atoms with van der Waals surface area (Å²) in [4.78, 5) is 10.7. The summed E-state index contributed by atoms with van der Waals surface area (Å²) in [6.07, 6.45) is 0.550. The molecule has 0 bridgehead atoms. The number of aromatic carboxylic acids is 1. The standard InChI is InChI=1S/C12H16ClNO5S/c1-2-19-7-3-6-14-20(17,18)9-4-5-10(12(15)16)11(13)8-9/h4-5,8,14H,2-3,6-7H2,1H3,(H,15,16). The molecule has 0 aliphatic rings. The summed E-state index contributed by atoms with van der Waals surface area (Å²) in [5.74, 6) is -1.20. The third-order valence-corrected chi connectivity index (χ3v) is 4.21. The van der Waals surface area contributed by atoms with Gasteiger partial charge in [0.05, 0.1) is 15.5 Å². The molecule has 0 fully saturated rings. The van der Waals surface area contributed by atoms with Crippen molar-refractivity contribution >= 4 is 27.6 Å². The number of hydrogen-bond acceptors (Lipinski definition) is 4. The first kappa shape index (κ1) is 16.9. The summed E-state index contributed by atoms with van der Waals surface area (Å²) < 4.78 is 31.4. The second kappa shape index (κ2) is 7.58. The van der Waals surface area contributed by atoms with Crippen molar-refractivity contribution in [3.8, 4) is 0 Å². The minimum Gasteiger partial charge on any atom is -0.478 e. The number of nitrogens with one attached hydrogen (secondary N) is 1. The molecule has 0 radical (unpaired) electrons. The van der Waals surface area contributed by atoms with E-state index in [9.17, 15) is 13.2 Å². The van der Waals surface area contributed by atoms with Crippen molar-refractivity contribution in [3.05, 3.63) is 28.8 Å². The Balaban J connectivity index is 2.73. The van der Waals surface area contributed by atoms with Crippen LogP contribution in [0.1, 0.15) is 23.7 Å². The summed E-state index contributed by atoms with van der Waals surface area (Å²) in [5.41, 5.74) is -0.137. The maximum atomic E-state index is 11.9. The molecular weight excluding hydrogens is 306 g/mol. The number of carbonyl (C=O) groups is 1. The van der Waals surface area contributed by atoms with Crippen LogP contribution < -0.4 is 4.72 Å². The number of sulfonamides is 1. The van der Waals surface area contributed by atoms with Gasteiger partial charge in [-0.15, -0.1) is 0 Å². The third kappa shape index (κ3) is 4.75. The number of halogens is 1. The van der Waals surface area contributed by atoms with Crippen LogP contribution in [0.4, 0.5) is 0 Å². The molecule has 0 spiro atoms. The number of carboxylic acid groups (broad SMARTS) is 1. The average Bonchev–Trinajstić information content (AvgIpc) is 2.37. The van der Waals surface area contributed by atoms with Crippen molar-refractivity contribution < 1.29 is 23.1 Å². The molecule has 6 nitrogen and oxygen atoms in total. The van der Waals surface area contributed by atoms with Crippen molar-refractivity contribution in [1.82, 2.24) is 4.72 Å². The topological polar surface area (TPSA) is 92.7 Å². The zero-order valence-electron chi connectivity index (χ0n) is 10.9. The predicted octanol–water partition coefficient (Wildman–Crippen LogP) is 1.74. The molecule has 1 rings (SSSR count). The maximum Gasteiger partial charge on any atom is 0.337 e. The highest BCUT2D eigenvalue weighted by Gasteiger charge is 2.17. The van der Waals surface area contributed by atoms with Gasteiger partial charge in [0.2, 0.25) is 10.0 Å². The Morgan fingerprint density at radius 3 is 2.70 bits per heavy atom. The van der Waals surface area contributed by atoms with Gasteiger partial charge >= 0.3 is 5.97 Å². The van der Waals surface area contributed by atoms with E-state index in [-0.39, 0.29) is 22.0 Å². The van der Waals surface area contributed by atoms with E-state index in [1.165, 1.54) is 12.1 Å². The monoisotopic (exact) mass is 321 g/mol. The molecule has 0 unspecified atom stereocenters. The molecule has 0 atom stereocenters. The molecule has 112 valence electrons. The Hall–Kier alpha value is -1.15. The van der Waals surface area contributed by atoms with Crippen LogP contribution >= 0.6 is 11.6 Å². The number of ether oxygens (including phenoxy) is 1. The lowest BCUT2D eigenvalue weighted by atomic mass is 10.2. The molecule has 0 saturated carbocycles. The van der Waals surface area contributed by atoms with Crippen LogP contribution in [0.2, 0.25) is 5.02 Å². The van der Waals surface area contributed by atoms with Crippen LogP contribution in [0.15, 0.2) is 23.1 Å². The molecule has 0 aliphatic heterocycles. The van der Waals surface area contributed by atoms with Gasteiger partial charge in [-0.3, -0.25) is 0 Å². The number of rotatable bonds is 8. The number of hydrogen-bond donors (Lipinski definition) is 2. The van der Waals surface area contributed by atoms with Gasteiger partial charge in [-0.25, -0.2) is 17.9 Å². The first-order valence-electron chi connectivity index (χ1n) is 5.98. The first-order chi connectivity index (χ1) is 9.38. The Labute approximate surface area is 122 Å². The first-order valence-corrected chi connectivity index (χ1v) is 7.85. The molecule has 8 heteroatoms. The highest BCUT2D eigenvalue weighted by atomic mass is 35.5. The normalized spacial score (nSPS) is 11.5. The molecule has 0 aliphatic carbocycles. The van der Waals surface area contributed by atoms with Gasteiger partial charge in [-0.05, 0) is 31.5 Å². The van der Waals surface area contributed by atoms with Crippen LogP contribution in [0.5, 0.6) is 0 Å². The summed E-state index contributed by atoms with van der Waals surface area (Å²) >= 11 is 5.74. The Kier molecular flexibility index (Phi) is 6.41. The molecule has 2 N–H and O–H groups in total. The second-order valence-electron chi connectivity index (χ2n) is 3.90. The number of benzene rings is 1. The van der Waals surface area contributed by atoms with E-state index in [0.29, 0.717) is 19.6 Å². The largest absolute Gasteiger partial charge is 0.478 e. The zero-order valence-corrected chi connectivity index (χ0v) is 12.5. The van der Waals surface area contributed by atoms with Crippen molar-refractivity contribution in [2.24, 2.45) is 0 Å². The third-order valence-electron chi connectivity index (χ3n) is 2.44. The molecule has 1 aromatic rings. The molecule has 0 aromatic heterocycles. The van der Waals surface area contributed by atoms with E-state index < -0.39 is 16.0 Å². The highest BCUT2D eigenvalue weighted by Crippen LogP contribution is 2.20. The van der Waals surface area contributed by atoms with Gasteiger partial charge in [0.1, 0.15) is 0 Å². The Morgan fingerprint density at radius 1 is 1.45 bits per heavy atom. The van der Waals surface area contributed by atoms with Crippen molar-refractivity contribution in [3.63, 3.8) is 0 Å². The van der Waals surface area contributed by atoms with Gasteiger partial charge < -0.3 is 9.84 Å². The van der Waals surface area contributed by atoms with E-state index in [1.807, 2.05) is 6.92 Å². The highest BCUT2D eigenvalue weighted by molar-refractivity contribution is 7.89. The van der Waals surface area contributed by atoms with Gasteiger partial charge in [0, 0.05) is 19.8 Å². The maximum absolute atomic E-state index is 11.9. The van der Waals surface area contributed by atoms with Crippen LogP contribution in [0.3, 0.4) is 0 Å². The molecule has 0 saturated heterocycles. The Bertz CT molecular complexity index is 573. The number of carboxylic acids is 1. The average molecular weight is 322 g/mol. The quantitative estimate of drug-likeness (QED) is 0.711. The minimum absolute atomic E-state index is 0.0658. The predicted molar refractivity (Wildman–Crippen MR) is 74.7 cm³/mol.